The zero-order valence-electron chi connectivity index (χ0n) is 3.47. The summed E-state index contributed by atoms with van der Waals surface area (Å²) in [6.45, 7) is 1.28. The van der Waals surface area contributed by atoms with Crippen molar-refractivity contribution in [3.63, 3.8) is 0 Å². The Bertz CT molecular complexity index is 12.4. The minimum atomic E-state index is -1.17. The fourth-order valence-corrected chi connectivity index (χ4v) is 0. The summed E-state index contributed by atoms with van der Waals surface area (Å²) in [7, 11) is 0. The summed E-state index contributed by atoms with van der Waals surface area (Å²) in [4.78, 5) is 0. The van der Waals surface area contributed by atoms with Crippen LogP contribution in [-0.2, 0) is 0 Å². The van der Waals surface area contributed by atoms with Crippen molar-refractivity contribution in [1.82, 2.24) is 0 Å². The molecule has 0 saturated carbocycles. The van der Waals surface area contributed by atoms with E-state index in [0.717, 1.165) is 0 Å². The molecule has 0 saturated heterocycles. The second-order valence-electron chi connectivity index (χ2n) is 0.632. The van der Waals surface area contributed by atoms with E-state index in [1.807, 2.05) is 0 Å². The standard InChI is InChI=1S/C2H6O2.Na/c1-2(3)4;/h2-4H,1H3;. The van der Waals surface area contributed by atoms with Gasteiger partial charge in [-0.15, -0.1) is 0 Å². The minimum Gasteiger partial charge on any atom is -0.368 e. The van der Waals surface area contributed by atoms with Crippen LogP contribution in [0.2, 0.25) is 0 Å². The van der Waals surface area contributed by atoms with Crippen molar-refractivity contribution in [2.75, 3.05) is 0 Å². The van der Waals surface area contributed by atoms with Crippen LogP contribution in [0.15, 0.2) is 0 Å². The molecule has 2 N–H and O–H groups in total. The molecular formula is C2H6NaO2. The third-order valence-electron chi connectivity index (χ3n) is 0. The molecule has 1 radical (unpaired) electrons. The first-order valence-corrected chi connectivity index (χ1v) is 1.09. The fourth-order valence-electron chi connectivity index (χ4n) is 0. The van der Waals surface area contributed by atoms with Crippen molar-refractivity contribution < 1.29 is 10.2 Å². The van der Waals surface area contributed by atoms with Gasteiger partial charge in [0.2, 0.25) is 0 Å². The van der Waals surface area contributed by atoms with E-state index in [1.54, 1.807) is 0 Å². The van der Waals surface area contributed by atoms with E-state index in [-0.39, 0.29) is 29.6 Å². The van der Waals surface area contributed by atoms with Crippen LogP contribution in [0.3, 0.4) is 0 Å². The van der Waals surface area contributed by atoms with E-state index in [9.17, 15) is 0 Å². The molecule has 0 heterocycles. The summed E-state index contributed by atoms with van der Waals surface area (Å²) < 4.78 is 0. The number of aliphatic hydroxyl groups is 2. The van der Waals surface area contributed by atoms with Gasteiger partial charge in [0.15, 0.2) is 0 Å². The van der Waals surface area contributed by atoms with Crippen molar-refractivity contribution in [3.8, 4) is 0 Å². The van der Waals surface area contributed by atoms with Crippen LogP contribution in [0.1, 0.15) is 6.92 Å². The predicted octanol–water partition coefficient (Wildman–Crippen LogP) is -1.06. The van der Waals surface area contributed by atoms with Crippen molar-refractivity contribution in [3.05, 3.63) is 0 Å². The smallest absolute Gasteiger partial charge is 0.148 e. The average Bonchev–Trinajstić information content (AvgIpc) is 0.811. The normalized spacial score (nSPS) is 7.20. The molecule has 0 atom stereocenters. The van der Waals surface area contributed by atoms with Crippen LogP contribution in [0.25, 0.3) is 0 Å². The number of rotatable bonds is 0. The summed E-state index contributed by atoms with van der Waals surface area (Å²) in [5.41, 5.74) is 0. The van der Waals surface area contributed by atoms with Crippen LogP contribution in [0.4, 0.5) is 0 Å². The van der Waals surface area contributed by atoms with E-state index in [1.165, 1.54) is 6.92 Å². The monoisotopic (exact) mass is 85.0 g/mol. The van der Waals surface area contributed by atoms with E-state index in [2.05, 4.69) is 0 Å². The quantitative estimate of drug-likeness (QED) is 0.290. The second-order valence-corrected chi connectivity index (χ2v) is 0.632. The maximum absolute atomic E-state index is 7.61. The Morgan fingerprint density at radius 2 is 1.40 bits per heavy atom. The molecule has 0 aromatic rings. The molecular weight excluding hydrogens is 79.0 g/mol. The van der Waals surface area contributed by atoms with Gasteiger partial charge in [0.1, 0.15) is 6.29 Å². The summed E-state index contributed by atoms with van der Waals surface area (Å²) in [5.74, 6) is 0. The third-order valence-corrected chi connectivity index (χ3v) is 0. The van der Waals surface area contributed by atoms with Gasteiger partial charge in [0, 0.05) is 29.6 Å². The van der Waals surface area contributed by atoms with E-state index < -0.39 is 6.29 Å². The first-order chi connectivity index (χ1) is 1.73. The molecule has 0 aliphatic rings. The molecule has 0 rings (SSSR count). The Morgan fingerprint density at radius 1 is 1.40 bits per heavy atom. The van der Waals surface area contributed by atoms with Crippen LogP contribution in [-0.4, -0.2) is 46.1 Å². The molecule has 0 fully saturated rings. The number of aliphatic hydroxyl groups excluding tert-OH is 1. The maximum atomic E-state index is 7.61. The Balaban J connectivity index is 0. The van der Waals surface area contributed by atoms with E-state index in [4.69, 9.17) is 10.2 Å². The summed E-state index contributed by atoms with van der Waals surface area (Å²) >= 11 is 0. The van der Waals surface area contributed by atoms with E-state index >= 15 is 0 Å². The van der Waals surface area contributed by atoms with Gasteiger partial charge in [-0.05, 0) is 6.92 Å². The molecule has 3 heteroatoms. The Labute approximate surface area is 53.1 Å². The van der Waals surface area contributed by atoms with Gasteiger partial charge < -0.3 is 10.2 Å². The molecule has 0 aromatic carbocycles. The SMILES string of the molecule is CC(O)O.[Na]. The van der Waals surface area contributed by atoms with Crippen molar-refractivity contribution in [1.29, 1.82) is 0 Å². The van der Waals surface area contributed by atoms with Crippen molar-refractivity contribution in [2.45, 2.75) is 13.2 Å². The molecule has 27 valence electrons. The molecule has 5 heavy (non-hydrogen) atoms. The Kier molecular flexibility index (Phi) is 9.18. The molecule has 0 spiro atoms. The van der Waals surface area contributed by atoms with Gasteiger partial charge in [-0.3, -0.25) is 0 Å². The van der Waals surface area contributed by atoms with Gasteiger partial charge in [-0.2, -0.15) is 0 Å². The number of hydrogen-bond acceptors (Lipinski definition) is 2. The average molecular weight is 85.1 g/mol. The zero-order chi connectivity index (χ0) is 3.58. The zero-order valence-corrected chi connectivity index (χ0v) is 5.47. The van der Waals surface area contributed by atoms with Crippen molar-refractivity contribution in [2.24, 2.45) is 0 Å². The summed E-state index contributed by atoms with van der Waals surface area (Å²) in [6, 6.07) is 0. The fraction of sp³-hybridized carbons (Fsp3) is 1.00. The molecule has 0 bridgehead atoms. The first-order valence-electron chi connectivity index (χ1n) is 1.09. The molecule has 0 amide bonds. The molecule has 2 nitrogen and oxygen atoms in total. The Morgan fingerprint density at radius 3 is 1.40 bits per heavy atom. The van der Waals surface area contributed by atoms with Gasteiger partial charge >= 0.3 is 0 Å². The molecule has 0 aliphatic carbocycles. The van der Waals surface area contributed by atoms with Gasteiger partial charge in [-0.1, -0.05) is 0 Å². The second kappa shape index (κ2) is 4.92. The number of hydrogen-bond donors (Lipinski definition) is 2. The van der Waals surface area contributed by atoms with Gasteiger partial charge in [0.05, 0.1) is 0 Å². The maximum Gasteiger partial charge on any atom is 0.148 e. The largest absolute Gasteiger partial charge is 0.368 e. The van der Waals surface area contributed by atoms with Crippen LogP contribution >= 0.6 is 0 Å². The van der Waals surface area contributed by atoms with Crippen LogP contribution in [0.5, 0.6) is 0 Å². The topological polar surface area (TPSA) is 40.5 Å². The minimum absolute atomic E-state index is 0. The van der Waals surface area contributed by atoms with Crippen LogP contribution in [0, 0.1) is 0 Å². The van der Waals surface area contributed by atoms with E-state index in [0.29, 0.717) is 0 Å². The summed E-state index contributed by atoms with van der Waals surface area (Å²) in [6.07, 6.45) is -1.17. The molecule has 0 aliphatic heterocycles. The van der Waals surface area contributed by atoms with Gasteiger partial charge in [-0.25, -0.2) is 0 Å². The van der Waals surface area contributed by atoms with Crippen molar-refractivity contribution >= 4 is 29.6 Å². The third kappa shape index (κ3) is 49.6. The van der Waals surface area contributed by atoms with Crippen LogP contribution < -0.4 is 0 Å². The molecule has 0 aromatic heterocycles. The first kappa shape index (κ1) is 9.33. The Hall–Kier alpha value is 0.920. The van der Waals surface area contributed by atoms with Gasteiger partial charge in [0.25, 0.3) is 0 Å². The predicted molar refractivity (Wildman–Crippen MR) is 19.7 cm³/mol. The summed E-state index contributed by atoms with van der Waals surface area (Å²) in [5, 5.41) is 15.2. The molecule has 0 unspecified atom stereocenters.